The van der Waals surface area contributed by atoms with Crippen molar-refractivity contribution in [2.45, 2.75) is 72.2 Å². The van der Waals surface area contributed by atoms with E-state index in [1.54, 1.807) is 4.68 Å². The fourth-order valence-corrected chi connectivity index (χ4v) is 7.83. The van der Waals surface area contributed by atoms with Crippen LogP contribution in [-0.2, 0) is 52.0 Å². The van der Waals surface area contributed by atoms with E-state index in [0.29, 0.717) is 49.3 Å². The summed E-state index contributed by atoms with van der Waals surface area (Å²) in [7, 11) is 5.74. The number of esters is 1. The Morgan fingerprint density at radius 1 is 0.981 bits per heavy atom. The zero-order valence-corrected chi connectivity index (χ0v) is 31.6. The third-order valence-corrected chi connectivity index (χ3v) is 10.6. The van der Waals surface area contributed by atoms with Crippen molar-refractivity contribution in [1.82, 2.24) is 29.0 Å². The second-order valence-electron chi connectivity index (χ2n) is 13.9. The summed E-state index contributed by atoms with van der Waals surface area (Å²) >= 11 is 7.16. The number of halogens is 1. The van der Waals surface area contributed by atoms with E-state index in [1.807, 2.05) is 67.6 Å². The summed E-state index contributed by atoms with van der Waals surface area (Å²) in [6.07, 6.45) is 3.55. The lowest BCUT2D eigenvalue weighted by Crippen LogP contribution is -2.26. The quantitative estimate of drug-likeness (QED) is 0.0914. The second-order valence-corrected chi connectivity index (χ2v) is 14.3. The molecule has 0 aliphatic heterocycles. The van der Waals surface area contributed by atoms with Gasteiger partial charge in [0.15, 0.2) is 0 Å². The summed E-state index contributed by atoms with van der Waals surface area (Å²) < 4.78 is 17.6. The Bertz CT molecular complexity index is 2280. The van der Waals surface area contributed by atoms with Crippen LogP contribution >= 0.6 is 11.6 Å². The van der Waals surface area contributed by atoms with Crippen LogP contribution in [0.1, 0.15) is 70.6 Å². The van der Waals surface area contributed by atoms with E-state index in [9.17, 15) is 9.90 Å². The molecule has 0 bridgehead atoms. The predicted octanol–water partition coefficient (Wildman–Crippen LogP) is 7.58. The van der Waals surface area contributed by atoms with Crippen molar-refractivity contribution in [3.05, 3.63) is 99.2 Å². The summed E-state index contributed by atoms with van der Waals surface area (Å²) in [4.78, 5) is 16.1. The van der Waals surface area contributed by atoms with Crippen LogP contribution in [0.4, 0.5) is 0 Å². The highest BCUT2D eigenvalue weighted by Gasteiger charge is 2.33. The van der Waals surface area contributed by atoms with Crippen molar-refractivity contribution >= 4 is 39.2 Å². The maximum atomic E-state index is 13.7. The van der Waals surface area contributed by atoms with Crippen LogP contribution in [-0.4, -0.2) is 59.4 Å². The van der Waals surface area contributed by atoms with E-state index in [4.69, 9.17) is 26.2 Å². The number of hydrogen-bond donors (Lipinski definition) is 1. The first-order chi connectivity index (χ1) is 25.1. The lowest BCUT2D eigenvalue weighted by atomic mass is 9.97. The van der Waals surface area contributed by atoms with Crippen molar-refractivity contribution in [3.8, 4) is 16.9 Å². The molecule has 1 fully saturated rings. The molecular weight excluding hydrogens is 676 g/mol. The Labute approximate surface area is 309 Å². The number of hydrogen-bond acceptors (Lipinski definition) is 7. The third-order valence-electron chi connectivity index (χ3n) is 10.3. The number of fused-ring (bicyclic) bond motifs is 2. The summed E-state index contributed by atoms with van der Waals surface area (Å²) in [6, 6.07) is 18.9. The maximum absolute atomic E-state index is 13.7. The molecule has 272 valence electrons. The maximum Gasteiger partial charge on any atom is 0.355 e. The Morgan fingerprint density at radius 2 is 1.77 bits per heavy atom. The van der Waals surface area contributed by atoms with Crippen molar-refractivity contribution in [2.75, 3.05) is 13.2 Å². The molecule has 1 saturated carbocycles. The van der Waals surface area contributed by atoms with Crippen LogP contribution in [0.5, 0.6) is 5.75 Å². The van der Waals surface area contributed by atoms with Gasteiger partial charge in [-0.15, -0.1) is 0 Å². The topological polar surface area (TPSA) is 99.6 Å². The van der Waals surface area contributed by atoms with Crippen LogP contribution in [0.2, 0.25) is 5.02 Å². The van der Waals surface area contributed by atoms with Gasteiger partial charge in [0.05, 0.1) is 47.4 Å². The Morgan fingerprint density at radius 3 is 2.50 bits per heavy atom. The number of benzene rings is 3. The molecule has 0 saturated heterocycles. The minimum atomic E-state index is -0.357. The van der Waals surface area contributed by atoms with Crippen LogP contribution in [0.3, 0.4) is 0 Å². The normalized spacial score (nSPS) is 13.2. The number of aliphatic hydroxyl groups is 1. The first kappa shape index (κ1) is 35.7. The smallest absolute Gasteiger partial charge is 0.355 e. The fraction of sp³-hybridized carbons (Fsp3) is 0.390. The highest BCUT2D eigenvalue weighted by Crippen LogP contribution is 2.43. The van der Waals surface area contributed by atoms with Crippen molar-refractivity contribution in [3.63, 3.8) is 0 Å². The van der Waals surface area contributed by atoms with Crippen molar-refractivity contribution in [2.24, 2.45) is 21.1 Å². The zero-order chi connectivity index (χ0) is 36.7. The van der Waals surface area contributed by atoms with Gasteiger partial charge >= 0.3 is 5.97 Å². The molecule has 7 rings (SSSR count). The highest BCUT2D eigenvalue weighted by molar-refractivity contribution is 6.35. The van der Waals surface area contributed by atoms with Gasteiger partial charge in [0.2, 0.25) is 0 Å². The summed E-state index contributed by atoms with van der Waals surface area (Å²) in [5.41, 5.74) is 8.90. The number of nitrogens with zero attached hydrogens (tertiary/aromatic N) is 6. The summed E-state index contributed by atoms with van der Waals surface area (Å²) in [5, 5.41) is 23.3. The molecule has 0 radical (unpaired) electrons. The van der Waals surface area contributed by atoms with E-state index in [2.05, 4.69) is 48.1 Å². The molecule has 10 nitrogen and oxygen atoms in total. The largest absolute Gasteiger partial charge is 0.493 e. The van der Waals surface area contributed by atoms with Gasteiger partial charge in [-0.25, -0.2) is 4.79 Å². The number of aliphatic hydroxyl groups excluding tert-OH is 1. The van der Waals surface area contributed by atoms with Crippen LogP contribution in [0.15, 0.2) is 54.6 Å². The Kier molecular flexibility index (Phi) is 10.2. The summed E-state index contributed by atoms with van der Waals surface area (Å²) in [6.45, 7) is 7.94. The Balaban J connectivity index is 1.25. The lowest BCUT2D eigenvalue weighted by molar-refractivity contribution is 0.0514. The minimum Gasteiger partial charge on any atom is -0.493 e. The molecule has 3 aromatic heterocycles. The van der Waals surface area contributed by atoms with E-state index in [0.717, 1.165) is 85.3 Å². The van der Waals surface area contributed by atoms with Crippen molar-refractivity contribution in [1.29, 1.82) is 0 Å². The number of carbonyl (C=O) groups is 1. The number of aromatic nitrogens is 5. The molecule has 0 amide bonds. The average molecular weight is 723 g/mol. The van der Waals surface area contributed by atoms with E-state index < -0.39 is 0 Å². The van der Waals surface area contributed by atoms with Crippen LogP contribution < -0.4 is 4.74 Å². The van der Waals surface area contributed by atoms with E-state index in [-0.39, 0.29) is 19.2 Å². The van der Waals surface area contributed by atoms with Gasteiger partial charge in [0.1, 0.15) is 11.4 Å². The molecule has 52 heavy (non-hydrogen) atoms. The molecule has 1 aliphatic rings. The molecule has 6 aromatic rings. The predicted molar refractivity (Wildman–Crippen MR) is 205 cm³/mol. The molecule has 0 unspecified atom stereocenters. The standard InChI is InChI=1S/C41H47ClN6O4/c1-7-51-41(50)40-32(13-10-18-52-36-20-25(2)19-27-11-8-9-12-31(27)36)33-16-17-34(42)38(39(33)45(40)4)37-26(3)46(5)44-35(37)23-48(29-14-15-29)22-28-21-30(24-49)47(6)43-28/h8-9,11-12,16-17,19-21,29,49H,7,10,13-15,18,22-24H2,1-6H3. The zero-order valence-electron chi connectivity index (χ0n) is 30.9. The fourth-order valence-electron chi connectivity index (χ4n) is 7.58. The number of aryl methyl sites for hydroxylation is 5. The average Bonchev–Trinajstić information content (AvgIpc) is 3.78. The van der Waals surface area contributed by atoms with Gasteiger partial charge in [-0.1, -0.05) is 48.0 Å². The molecule has 1 N–H and O–H groups in total. The monoisotopic (exact) mass is 722 g/mol. The van der Waals surface area contributed by atoms with Gasteiger partial charge in [-0.05, 0) is 81.2 Å². The van der Waals surface area contributed by atoms with Crippen LogP contribution in [0.25, 0.3) is 32.8 Å². The van der Waals surface area contributed by atoms with Crippen molar-refractivity contribution < 1.29 is 19.4 Å². The molecule has 1 aliphatic carbocycles. The van der Waals surface area contributed by atoms with Gasteiger partial charge < -0.3 is 19.1 Å². The van der Waals surface area contributed by atoms with Gasteiger partial charge in [0, 0.05) is 67.9 Å². The number of ether oxygens (including phenoxy) is 2. The van der Waals surface area contributed by atoms with E-state index in [1.165, 1.54) is 0 Å². The van der Waals surface area contributed by atoms with Gasteiger partial charge in [0.25, 0.3) is 0 Å². The summed E-state index contributed by atoms with van der Waals surface area (Å²) in [5.74, 6) is 0.509. The molecule has 11 heteroatoms. The Hall–Kier alpha value is -4.64. The molecule has 0 atom stereocenters. The van der Waals surface area contributed by atoms with E-state index >= 15 is 0 Å². The SMILES string of the molecule is CCOC(=O)c1c(CCCOc2cc(C)cc3ccccc23)c2ccc(Cl)c(-c3c(CN(Cc4cc(CO)n(C)n4)C4CC4)nn(C)c3C)c2n1C. The first-order valence-electron chi connectivity index (χ1n) is 18.1. The highest BCUT2D eigenvalue weighted by atomic mass is 35.5. The number of rotatable bonds is 14. The molecular formula is C41H47ClN6O4. The van der Waals surface area contributed by atoms with Gasteiger partial charge in [-0.2, -0.15) is 10.2 Å². The molecule has 0 spiro atoms. The third kappa shape index (κ3) is 6.83. The van der Waals surface area contributed by atoms with Gasteiger partial charge in [-0.3, -0.25) is 14.3 Å². The van der Waals surface area contributed by atoms with Crippen LogP contribution in [0, 0.1) is 13.8 Å². The first-order valence-corrected chi connectivity index (χ1v) is 18.5. The number of carbonyl (C=O) groups excluding carboxylic acids is 1. The minimum absolute atomic E-state index is 0.0532. The second kappa shape index (κ2) is 14.8. The lowest BCUT2D eigenvalue weighted by Gasteiger charge is -2.21. The molecule has 3 heterocycles. The molecule has 3 aromatic carbocycles.